The van der Waals surface area contributed by atoms with Crippen molar-refractivity contribution in [3.63, 3.8) is 0 Å². The van der Waals surface area contributed by atoms with E-state index in [1.165, 1.54) is 5.56 Å². The van der Waals surface area contributed by atoms with Gasteiger partial charge in [-0.3, -0.25) is 9.59 Å². The number of nitrogens with zero attached hydrogens (tertiary/aromatic N) is 2. The first kappa shape index (κ1) is 20.6. The van der Waals surface area contributed by atoms with Crippen molar-refractivity contribution >= 4 is 22.7 Å². The fourth-order valence-corrected chi connectivity index (χ4v) is 4.74. The fourth-order valence-electron chi connectivity index (χ4n) is 4.74. The molecule has 2 amide bonds. The summed E-state index contributed by atoms with van der Waals surface area (Å²) in [6, 6.07) is 15.8. The third-order valence-electron chi connectivity index (χ3n) is 6.36. The van der Waals surface area contributed by atoms with Gasteiger partial charge in [-0.2, -0.15) is 0 Å². The van der Waals surface area contributed by atoms with Crippen LogP contribution in [0.2, 0.25) is 0 Å². The Morgan fingerprint density at radius 2 is 1.88 bits per heavy atom. The molecule has 5 rings (SSSR count). The second-order valence-electron chi connectivity index (χ2n) is 8.44. The predicted molar refractivity (Wildman–Crippen MR) is 120 cm³/mol. The second-order valence-corrected chi connectivity index (χ2v) is 8.44. The Morgan fingerprint density at radius 3 is 2.69 bits per heavy atom. The van der Waals surface area contributed by atoms with Crippen LogP contribution in [0.3, 0.4) is 0 Å². The molecule has 2 aliphatic rings. The molecule has 1 aromatic heterocycles. The maximum Gasteiger partial charge on any atom is 0.256 e. The van der Waals surface area contributed by atoms with E-state index in [2.05, 4.69) is 6.07 Å². The lowest BCUT2D eigenvalue weighted by molar-refractivity contribution is -0.147. The number of benzene rings is 2. The van der Waals surface area contributed by atoms with E-state index in [1.54, 1.807) is 0 Å². The molecule has 7 nitrogen and oxygen atoms in total. The van der Waals surface area contributed by atoms with E-state index in [0.717, 1.165) is 41.5 Å². The van der Waals surface area contributed by atoms with E-state index in [9.17, 15) is 9.59 Å². The van der Waals surface area contributed by atoms with Gasteiger partial charge in [0.15, 0.2) is 6.10 Å². The van der Waals surface area contributed by atoms with Crippen LogP contribution < -0.4 is 10.5 Å². The standard InChI is InChI=1S/C25H27N3O4/c26-23(29)16-28-14-10-20-21(28)6-3-7-22(20)32-18-8-12-27(13-9-18)25(30)24-19-5-2-1-4-17(19)11-15-31-24/h1-7,10,14,18,24H,8-9,11-13,15-16H2,(H2,26,29). The van der Waals surface area contributed by atoms with Crippen molar-refractivity contribution in [2.45, 2.75) is 38.0 Å². The van der Waals surface area contributed by atoms with Crippen LogP contribution in [0.15, 0.2) is 54.7 Å². The highest BCUT2D eigenvalue weighted by Gasteiger charge is 2.33. The number of piperidine rings is 1. The number of hydrogen-bond acceptors (Lipinski definition) is 4. The number of fused-ring (bicyclic) bond motifs is 2. The van der Waals surface area contributed by atoms with Crippen molar-refractivity contribution < 1.29 is 19.1 Å². The Labute approximate surface area is 186 Å². The second kappa shape index (κ2) is 8.67. The summed E-state index contributed by atoms with van der Waals surface area (Å²) in [5, 5.41) is 0.958. The van der Waals surface area contributed by atoms with Crippen molar-refractivity contribution in [1.29, 1.82) is 0 Å². The smallest absolute Gasteiger partial charge is 0.256 e. The molecular formula is C25H27N3O4. The van der Waals surface area contributed by atoms with Crippen molar-refractivity contribution in [2.75, 3.05) is 19.7 Å². The molecule has 1 atom stereocenters. The van der Waals surface area contributed by atoms with E-state index in [4.69, 9.17) is 15.2 Å². The lowest BCUT2D eigenvalue weighted by Gasteiger charge is -2.35. The average Bonchev–Trinajstić information content (AvgIpc) is 3.22. The van der Waals surface area contributed by atoms with Gasteiger partial charge < -0.3 is 24.7 Å². The van der Waals surface area contributed by atoms with Gasteiger partial charge in [-0.15, -0.1) is 0 Å². The lowest BCUT2D eigenvalue weighted by atomic mass is 9.96. The number of aromatic nitrogens is 1. The predicted octanol–water partition coefficient (Wildman–Crippen LogP) is 2.81. The summed E-state index contributed by atoms with van der Waals surface area (Å²) in [6.07, 6.45) is 3.75. The van der Waals surface area contributed by atoms with E-state index in [-0.39, 0.29) is 24.5 Å². The summed E-state index contributed by atoms with van der Waals surface area (Å²) in [5.41, 5.74) is 8.46. The van der Waals surface area contributed by atoms with Crippen LogP contribution in [0.4, 0.5) is 0 Å². The van der Waals surface area contributed by atoms with Crippen LogP contribution in [0, 0.1) is 0 Å². The number of amides is 2. The first-order valence-corrected chi connectivity index (χ1v) is 11.1. The van der Waals surface area contributed by atoms with Crippen LogP contribution >= 0.6 is 0 Å². The molecular weight excluding hydrogens is 406 g/mol. The quantitative estimate of drug-likeness (QED) is 0.670. The number of nitrogens with two attached hydrogens (primary N) is 1. The Morgan fingerprint density at radius 1 is 1.06 bits per heavy atom. The molecule has 0 spiro atoms. The minimum atomic E-state index is -0.504. The Kier molecular flexibility index (Phi) is 5.57. The number of carbonyl (C=O) groups is 2. The van der Waals surface area contributed by atoms with E-state index in [1.807, 2.05) is 58.1 Å². The fraction of sp³-hybridized carbons (Fsp3) is 0.360. The molecule has 2 aromatic carbocycles. The first-order valence-electron chi connectivity index (χ1n) is 11.1. The zero-order valence-electron chi connectivity index (χ0n) is 17.9. The van der Waals surface area contributed by atoms with Crippen molar-refractivity contribution in [3.05, 3.63) is 65.9 Å². The van der Waals surface area contributed by atoms with Gasteiger partial charge in [0.2, 0.25) is 5.91 Å². The third-order valence-corrected chi connectivity index (χ3v) is 6.36. The summed E-state index contributed by atoms with van der Waals surface area (Å²) in [4.78, 5) is 26.4. The van der Waals surface area contributed by atoms with Gasteiger partial charge in [-0.25, -0.2) is 0 Å². The van der Waals surface area contributed by atoms with Crippen molar-refractivity contribution in [3.8, 4) is 5.75 Å². The minimum Gasteiger partial charge on any atom is -0.490 e. The van der Waals surface area contributed by atoms with Crippen LogP contribution in [0.25, 0.3) is 10.9 Å². The lowest BCUT2D eigenvalue weighted by Crippen LogP contribution is -2.45. The number of likely N-dealkylation sites (tertiary alicyclic amines) is 1. The first-order chi connectivity index (χ1) is 15.6. The van der Waals surface area contributed by atoms with Crippen LogP contribution in [-0.4, -0.2) is 47.1 Å². The molecule has 0 saturated carbocycles. The van der Waals surface area contributed by atoms with Crippen LogP contribution in [0.5, 0.6) is 5.75 Å². The highest BCUT2D eigenvalue weighted by Crippen LogP contribution is 2.32. The maximum absolute atomic E-state index is 13.2. The van der Waals surface area contributed by atoms with Gasteiger partial charge >= 0.3 is 0 Å². The molecule has 0 aliphatic carbocycles. The zero-order valence-corrected chi connectivity index (χ0v) is 17.9. The summed E-state index contributed by atoms with van der Waals surface area (Å²) in [5.74, 6) is 0.455. The highest BCUT2D eigenvalue weighted by molar-refractivity contribution is 5.88. The number of primary amides is 1. The number of hydrogen-bond donors (Lipinski definition) is 1. The molecule has 0 radical (unpaired) electrons. The van der Waals surface area contributed by atoms with E-state index < -0.39 is 6.10 Å². The summed E-state index contributed by atoms with van der Waals surface area (Å²) in [6.45, 7) is 2.00. The van der Waals surface area contributed by atoms with Crippen molar-refractivity contribution in [2.24, 2.45) is 5.73 Å². The van der Waals surface area contributed by atoms with Gasteiger partial charge in [0, 0.05) is 37.5 Å². The molecule has 2 N–H and O–H groups in total. The van der Waals surface area contributed by atoms with E-state index in [0.29, 0.717) is 19.7 Å². The molecule has 3 aromatic rings. The zero-order chi connectivity index (χ0) is 22.1. The molecule has 7 heteroatoms. The Hall–Kier alpha value is -3.32. The highest BCUT2D eigenvalue weighted by atomic mass is 16.5. The molecule has 3 heterocycles. The number of rotatable bonds is 5. The minimum absolute atomic E-state index is 0.0312. The SMILES string of the molecule is NC(=O)Cn1ccc2c(OC3CCN(C(=O)C4OCCc5ccccc54)CC3)cccc21. The monoisotopic (exact) mass is 433 g/mol. The summed E-state index contributed by atoms with van der Waals surface area (Å²) >= 11 is 0. The number of ether oxygens (including phenoxy) is 2. The number of carbonyl (C=O) groups excluding carboxylic acids is 2. The topological polar surface area (TPSA) is 86.8 Å². The summed E-state index contributed by atoms with van der Waals surface area (Å²) in [7, 11) is 0. The van der Waals surface area contributed by atoms with Gasteiger partial charge in [0.25, 0.3) is 5.91 Å². The Balaban J connectivity index is 1.24. The molecule has 0 bridgehead atoms. The van der Waals surface area contributed by atoms with Gasteiger partial charge in [-0.1, -0.05) is 30.3 Å². The van der Waals surface area contributed by atoms with Crippen LogP contribution in [0.1, 0.15) is 30.1 Å². The van der Waals surface area contributed by atoms with Gasteiger partial charge in [-0.05, 0) is 35.7 Å². The van der Waals surface area contributed by atoms with Crippen LogP contribution in [-0.2, 0) is 27.3 Å². The normalized spacial score (nSPS) is 19.0. The molecule has 166 valence electrons. The molecule has 32 heavy (non-hydrogen) atoms. The molecule has 1 unspecified atom stereocenters. The molecule has 1 saturated heterocycles. The van der Waals surface area contributed by atoms with Gasteiger partial charge in [0.1, 0.15) is 18.4 Å². The average molecular weight is 434 g/mol. The Bertz CT molecular complexity index is 1150. The summed E-state index contributed by atoms with van der Waals surface area (Å²) < 4.78 is 14.0. The van der Waals surface area contributed by atoms with Gasteiger partial charge in [0.05, 0.1) is 12.1 Å². The van der Waals surface area contributed by atoms with Crippen molar-refractivity contribution in [1.82, 2.24) is 9.47 Å². The largest absolute Gasteiger partial charge is 0.490 e. The molecule has 2 aliphatic heterocycles. The maximum atomic E-state index is 13.2. The van der Waals surface area contributed by atoms with E-state index >= 15 is 0 Å². The third kappa shape index (κ3) is 3.96. The molecule has 1 fully saturated rings.